The molecule has 0 unspecified atom stereocenters. The van der Waals surface area contributed by atoms with Crippen LogP contribution in [0.2, 0.25) is 5.02 Å². The average Bonchev–Trinajstić information content (AvgIpc) is 2.36. The zero-order chi connectivity index (χ0) is 15.9. The number of carbonyl (C=O) groups excluding carboxylic acids is 1. The van der Waals surface area contributed by atoms with Crippen LogP contribution < -0.4 is 4.90 Å². The standard InChI is InChI=1S/C13H11ClF4N2O/c1-7-5-10(9(15)6-8(7)14)20-4-3-11(13(16,17)18)19(2)12(20)21/h3,5-6H,4H2,1-2H3. The van der Waals surface area contributed by atoms with Gasteiger partial charge in [-0.1, -0.05) is 11.6 Å². The zero-order valence-electron chi connectivity index (χ0n) is 11.1. The molecule has 0 fully saturated rings. The van der Waals surface area contributed by atoms with E-state index < -0.39 is 23.7 Å². The molecule has 1 aromatic carbocycles. The quantitative estimate of drug-likeness (QED) is 0.714. The Kier molecular flexibility index (Phi) is 3.88. The summed E-state index contributed by atoms with van der Waals surface area (Å²) >= 11 is 5.76. The Morgan fingerprint density at radius 3 is 2.48 bits per heavy atom. The number of carbonyl (C=O) groups is 1. The maximum atomic E-state index is 13.9. The summed E-state index contributed by atoms with van der Waals surface area (Å²) in [5, 5.41) is 0.181. The van der Waals surface area contributed by atoms with E-state index in [1.54, 1.807) is 6.92 Å². The lowest BCUT2D eigenvalue weighted by molar-refractivity contribution is -0.106. The van der Waals surface area contributed by atoms with E-state index in [9.17, 15) is 22.4 Å². The molecule has 114 valence electrons. The number of rotatable bonds is 1. The van der Waals surface area contributed by atoms with Crippen LogP contribution >= 0.6 is 11.6 Å². The highest BCUT2D eigenvalue weighted by atomic mass is 35.5. The molecule has 0 aromatic heterocycles. The lowest BCUT2D eigenvalue weighted by Gasteiger charge is -2.34. The second-order valence-corrected chi connectivity index (χ2v) is 5.00. The maximum absolute atomic E-state index is 13.9. The van der Waals surface area contributed by atoms with E-state index in [1.807, 2.05) is 0 Å². The molecule has 1 aliphatic rings. The van der Waals surface area contributed by atoms with Gasteiger partial charge in [-0.2, -0.15) is 13.2 Å². The largest absolute Gasteiger partial charge is 0.431 e. The summed E-state index contributed by atoms with van der Waals surface area (Å²) in [6.07, 6.45) is -3.80. The van der Waals surface area contributed by atoms with Crippen LogP contribution in [-0.2, 0) is 0 Å². The van der Waals surface area contributed by atoms with Gasteiger partial charge in [0.05, 0.1) is 5.69 Å². The molecular weight excluding hydrogens is 312 g/mol. The van der Waals surface area contributed by atoms with Crippen molar-refractivity contribution in [1.29, 1.82) is 0 Å². The molecule has 0 aliphatic carbocycles. The molecule has 1 heterocycles. The van der Waals surface area contributed by atoms with Gasteiger partial charge < -0.3 is 0 Å². The smallest absolute Gasteiger partial charge is 0.293 e. The van der Waals surface area contributed by atoms with Crippen LogP contribution in [0.25, 0.3) is 0 Å². The minimum absolute atomic E-state index is 0.105. The van der Waals surface area contributed by atoms with E-state index in [-0.39, 0.29) is 17.3 Å². The fourth-order valence-corrected chi connectivity index (χ4v) is 2.18. The van der Waals surface area contributed by atoms with E-state index in [4.69, 9.17) is 11.6 Å². The number of nitrogens with zero attached hydrogens (tertiary/aromatic N) is 2. The highest BCUT2D eigenvalue weighted by molar-refractivity contribution is 6.31. The molecule has 0 radical (unpaired) electrons. The van der Waals surface area contributed by atoms with Crippen molar-refractivity contribution in [3.63, 3.8) is 0 Å². The molecule has 0 saturated heterocycles. The van der Waals surface area contributed by atoms with Gasteiger partial charge in [-0.25, -0.2) is 9.18 Å². The molecule has 8 heteroatoms. The number of hydrogen-bond donors (Lipinski definition) is 0. The van der Waals surface area contributed by atoms with Crippen LogP contribution in [0.4, 0.5) is 28.0 Å². The van der Waals surface area contributed by atoms with E-state index >= 15 is 0 Å². The van der Waals surface area contributed by atoms with Gasteiger partial charge in [0.25, 0.3) is 0 Å². The lowest BCUT2D eigenvalue weighted by Crippen LogP contribution is -2.48. The first kappa shape index (κ1) is 15.6. The Morgan fingerprint density at radius 1 is 1.29 bits per heavy atom. The van der Waals surface area contributed by atoms with Crippen molar-refractivity contribution in [2.75, 3.05) is 18.5 Å². The third kappa shape index (κ3) is 2.83. The number of hydrogen-bond acceptors (Lipinski definition) is 1. The highest BCUT2D eigenvalue weighted by Gasteiger charge is 2.42. The first-order valence-corrected chi connectivity index (χ1v) is 6.29. The predicted octanol–water partition coefficient (Wildman–Crippen LogP) is 4.11. The van der Waals surface area contributed by atoms with Gasteiger partial charge in [0.1, 0.15) is 11.5 Å². The topological polar surface area (TPSA) is 23.6 Å². The maximum Gasteiger partial charge on any atom is 0.431 e. The fraction of sp³-hybridized carbons (Fsp3) is 0.308. The molecule has 2 rings (SSSR count). The van der Waals surface area contributed by atoms with Crippen molar-refractivity contribution in [3.8, 4) is 0 Å². The van der Waals surface area contributed by atoms with Crippen LogP contribution in [0.3, 0.4) is 0 Å². The molecule has 3 nitrogen and oxygen atoms in total. The van der Waals surface area contributed by atoms with Crippen molar-refractivity contribution in [2.24, 2.45) is 0 Å². The first-order valence-electron chi connectivity index (χ1n) is 5.91. The summed E-state index contributed by atoms with van der Waals surface area (Å²) < 4.78 is 52.1. The predicted molar refractivity (Wildman–Crippen MR) is 70.8 cm³/mol. The molecule has 1 aromatic rings. The normalized spacial score (nSPS) is 16.3. The molecule has 0 saturated carbocycles. The van der Waals surface area contributed by atoms with Crippen molar-refractivity contribution in [1.82, 2.24) is 4.90 Å². The van der Waals surface area contributed by atoms with Gasteiger partial charge in [0.15, 0.2) is 0 Å². The summed E-state index contributed by atoms with van der Waals surface area (Å²) in [4.78, 5) is 13.4. The minimum Gasteiger partial charge on any atom is -0.293 e. The number of amides is 2. The number of aryl methyl sites for hydroxylation is 1. The van der Waals surface area contributed by atoms with E-state index in [0.717, 1.165) is 24.1 Å². The van der Waals surface area contributed by atoms with E-state index in [1.165, 1.54) is 6.07 Å². The number of halogens is 5. The highest BCUT2D eigenvalue weighted by Crippen LogP contribution is 2.34. The summed E-state index contributed by atoms with van der Waals surface area (Å²) in [7, 11) is 0.995. The van der Waals surface area contributed by atoms with Gasteiger partial charge >= 0.3 is 12.2 Å². The first-order chi connectivity index (χ1) is 9.62. The monoisotopic (exact) mass is 322 g/mol. The van der Waals surface area contributed by atoms with Gasteiger partial charge in [0, 0.05) is 18.6 Å². The van der Waals surface area contributed by atoms with Crippen molar-refractivity contribution in [2.45, 2.75) is 13.1 Å². The Balaban J connectivity index is 2.43. The third-order valence-corrected chi connectivity index (χ3v) is 3.56. The number of allylic oxidation sites excluding steroid dienone is 1. The van der Waals surface area contributed by atoms with Gasteiger partial charge in [0.2, 0.25) is 0 Å². The Morgan fingerprint density at radius 2 is 1.90 bits per heavy atom. The molecule has 0 spiro atoms. The summed E-state index contributed by atoms with van der Waals surface area (Å²) in [6, 6.07) is 1.41. The van der Waals surface area contributed by atoms with Crippen LogP contribution in [-0.4, -0.2) is 30.7 Å². The molecule has 0 atom stereocenters. The minimum atomic E-state index is -4.63. The van der Waals surface area contributed by atoms with Crippen LogP contribution in [0, 0.1) is 12.7 Å². The number of benzene rings is 1. The SMILES string of the molecule is Cc1cc(N2CC=C(C(F)(F)F)N(C)C2=O)c(F)cc1Cl. The Bertz CT molecular complexity index is 627. The summed E-state index contributed by atoms with van der Waals surface area (Å²) in [6.45, 7) is 1.25. The number of alkyl halides is 3. The second kappa shape index (κ2) is 5.22. The zero-order valence-corrected chi connectivity index (χ0v) is 11.9. The van der Waals surface area contributed by atoms with Gasteiger partial charge in [-0.3, -0.25) is 9.80 Å². The van der Waals surface area contributed by atoms with Crippen LogP contribution in [0.1, 0.15) is 5.56 Å². The van der Waals surface area contributed by atoms with E-state index in [2.05, 4.69) is 0 Å². The van der Waals surface area contributed by atoms with Gasteiger partial charge in [-0.05, 0) is 30.7 Å². The van der Waals surface area contributed by atoms with E-state index in [0.29, 0.717) is 10.5 Å². The van der Waals surface area contributed by atoms with Crippen molar-refractivity contribution < 1.29 is 22.4 Å². The Hall–Kier alpha value is -1.76. The average molecular weight is 323 g/mol. The Labute approximate surface area is 123 Å². The van der Waals surface area contributed by atoms with Crippen molar-refractivity contribution in [3.05, 3.63) is 40.3 Å². The van der Waals surface area contributed by atoms with Crippen molar-refractivity contribution >= 4 is 23.3 Å². The third-order valence-electron chi connectivity index (χ3n) is 3.16. The van der Waals surface area contributed by atoms with Crippen LogP contribution in [0.15, 0.2) is 23.9 Å². The molecule has 21 heavy (non-hydrogen) atoms. The second-order valence-electron chi connectivity index (χ2n) is 4.59. The number of anilines is 1. The lowest BCUT2D eigenvalue weighted by atomic mass is 10.1. The molecule has 2 amide bonds. The van der Waals surface area contributed by atoms with Gasteiger partial charge in [-0.15, -0.1) is 0 Å². The summed E-state index contributed by atoms with van der Waals surface area (Å²) in [5.74, 6) is -0.767. The fourth-order valence-electron chi connectivity index (χ4n) is 2.03. The van der Waals surface area contributed by atoms with Crippen LogP contribution in [0.5, 0.6) is 0 Å². The molecular formula is C13H11ClF4N2O. The summed E-state index contributed by atoms with van der Waals surface area (Å²) in [5.41, 5.74) is -0.643. The molecule has 0 N–H and O–H groups in total. The molecule has 1 aliphatic heterocycles. The number of urea groups is 1. The molecule has 0 bridgehead atoms.